The lowest BCUT2D eigenvalue weighted by atomic mass is 10.1. The predicted molar refractivity (Wildman–Crippen MR) is 115 cm³/mol. The number of nitrogens with zero attached hydrogens (tertiary/aromatic N) is 3. The molecule has 0 unspecified atom stereocenters. The average molecular weight is 423 g/mol. The van der Waals surface area contributed by atoms with E-state index in [1.165, 1.54) is 28.0 Å². The van der Waals surface area contributed by atoms with Crippen LogP contribution in [0.25, 0.3) is 10.9 Å². The maximum atomic E-state index is 12.9. The van der Waals surface area contributed by atoms with E-state index in [1.54, 1.807) is 10.6 Å². The first-order valence-electron chi connectivity index (χ1n) is 9.64. The van der Waals surface area contributed by atoms with Crippen LogP contribution in [-0.4, -0.2) is 21.2 Å². The highest BCUT2D eigenvalue weighted by Gasteiger charge is 2.29. The molecule has 8 heteroatoms. The second-order valence-corrected chi connectivity index (χ2v) is 9.38. The van der Waals surface area contributed by atoms with Gasteiger partial charge >= 0.3 is 0 Å². The Balaban J connectivity index is 1.37. The molecule has 1 amide bonds. The Morgan fingerprint density at radius 3 is 2.97 bits per heavy atom. The number of hydrogen-bond donors (Lipinski definition) is 1. The molecular weight excluding hydrogens is 404 g/mol. The molecule has 2 heterocycles. The number of nitriles is 1. The number of aryl methyl sites for hydroxylation is 1. The predicted octanol–water partition coefficient (Wildman–Crippen LogP) is 3.88. The molecule has 0 radical (unpaired) electrons. The van der Waals surface area contributed by atoms with Gasteiger partial charge in [0.1, 0.15) is 11.1 Å². The number of thioether (sulfide) groups is 1. The van der Waals surface area contributed by atoms with E-state index in [0.717, 1.165) is 37.7 Å². The minimum atomic E-state index is -0.184. The van der Waals surface area contributed by atoms with Crippen LogP contribution in [0, 0.1) is 11.3 Å². The van der Waals surface area contributed by atoms with Crippen LogP contribution in [0.5, 0.6) is 0 Å². The highest BCUT2D eigenvalue weighted by Crippen LogP contribution is 2.39. The standard InChI is InChI=1S/C21H18N4O2S2/c22-10-15-13-5-3-7-17(13)29-19(15)24-18(26)11-28-21-23-16-6-2-1-4-14(16)20(27)25(21)12-8-9-12/h1-2,4,6,12H,3,5,7-9,11H2,(H,24,26). The Morgan fingerprint density at radius 1 is 1.34 bits per heavy atom. The summed E-state index contributed by atoms with van der Waals surface area (Å²) in [6.45, 7) is 0. The van der Waals surface area contributed by atoms with Crippen molar-refractivity contribution in [2.75, 3.05) is 11.1 Å². The molecule has 29 heavy (non-hydrogen) atoms. The van der Waals surface area contributed by atoms with Crippen LogP contribution in [0.15, 0.2) is 34.2 Å². The first-order chi connectivity index (χ1) is 14.2. The Bertz CT molecular complexity index is 1230. The number of para-hydroxylation sites is 1. The molecular formula is C21H18N4O2S2. The topological polar surface area (TPSA) is 87.8 Å². The van der Waals surface area contributed by atoms with Crippen LogP contribution < -0.4 is 10.9 Å². The highest BCUT2D eigenvalue weighted by molar-refractivity contribution is 7.99. The number of aromatic nitrogens is 2. The second-order valence-electron chi connectivity index (χ2n) is 7.33. The van der Waals surface area contributed by atoms with Gasteiger partial charge in [-0.1, -0.05) is 23.9 Å². The molecule has 2 aliphatic rings. The van der Waals surface area contributed by atoms with E-state index >= 15 is 0 Å². The number of carbonyl (C=O) groups excluding carboxylic acids is 1. The smallest absolute Gasteiger partial charge is 0.262 e. The molecule has 1 aromatic carbocycles. The number of thiophene rings is 1. The van der Waals surface area contributed by atoms with Crippen molar-refractivity contribution in [3.05, 3.63) is 50.6 Å². The van der Waals surface area contributed by atoms with Gasteiger partial charge in [-0.05, 0) is 49.8 Å². The van der Waals surface area contributed by atoms with E-state index in [9.17, 15) is 14.9 Å². The normalized spacial score (nSPS) is 15.3. The van der Waals surface area contributed by atoms with Crippen molar-refractivity contribution in [3.8, 4) is 6.07 Å². The largest absolute Gasteiger partial charge is 0.316 e. The number of rotatable bonds is 5. The van der Waals surface area contributed by atoms with Gasteiger partial charge in [-0.2, -0.15) is 5.26 Å². The molecule has 0 atom stereocenters. The first kappa shape index (κ1) is 18.4. The minimum Gasteiger partial charge on any atom is -0.316 e. The monoisotopic (exact) mass is 422 g/mol. The zero-order valence-electron chi connectivity index (χ0n) is 15.6. The Kier molecular flexibility index (Phi) is 4.64. The van der Waals surface area contributed by atoms with Gasteiger partial charge in [0, 0.05) is 10.9 Å². The summed E-state index contributed by atoms with van der Waals surface area (Å²) in [6, 6.07) is 9.74. The van der Waals surface area contributed by atoms with Crippen LogP contribution in [-0.2, 0) is 17.6 Å². The third-order valence-electron chi connectivity index (χ3n) is 5.31. The van der Waals surface area contributed by atoms with Crippen molar-refractivity contribution in [2.24, 2.45) is 0 Å². The summed E-state index contributed by atoms with van der Waals surface area (Å²) < 4.78 is 1.74. The fraction of sp³-hybridized carbons (Fsp3) is 0.333. The van der Waals surface area contributed by atoms with Gasteiger partial charge in [0.2, 0.25) is 5.91 Å². The summed E-state index contributed by atoms with van der Waals surface area (Å²) in [4.78, 5) is 31.3. The average Bonchev–Trinajstić information content (AvgIpc) is 3.36. The van der Waals surface area contributed by atoms with Gasteiger partial charge in [-0.25, -0.2) is 4.98 Å². The lowest BCUT2D eigenvalue weighted by Crippen LogP contribution is -2.23. The molecule has 0 saturated heterocycles. The van der Waals surface area contributed by atoms with E-state index in [2.05, 4.69) is 16.4 Å². The third-order valence-corrected chi connectivity index (χ3v) is 7.47. The molecule has 1 fully saturated rings. The van der Waals surface area contributed by atoms with Crippen molar-refractivity contribution in [2.45, 2.75) is 43.3 Å². The van der Waals surface area contributed by atoms with Crippen LogP contribution in [0.1, 0.15) is 41.3 Å². The summed E-state index contributed by atoms with van der Waals surface area (Å²) in [5.74, 6) is -0.0403. The zero-order chi connectivity index (χ0) is 20.0. The van der Waals surface area contributed by atoms with Gasteiger partial charge in [-0.3, -0.25) is 14.2 Å². The summed E-state index contributed by atoms with van der Waals surface area (Å²) in [5, 5.41) is 14.2. The van der Waals surface area contributed by atoms with Crippen LogP contribution in [0.2, 0.25) is 0 Å². The summed E-state index contributed by atoms with van der Waals surface area (Å²) >= 11 is 2.79. The first-order valence-corrected chi connectivity index (χ1v) is 11.4. The lowest BCUT2D eigenvalue weighted by Gasteiger charge is -2.12. The number of anilines is 1. The van der Waals surface area contributed by atoms with Crippen molar-refractivity contribution >= 4 is 44.9 Å². The molecule has 2 aliphatic carbocycles. The molecule has 0 aliphatic heterocycles. The quantitative estimate of drug-likeness (QED) is 0.498. The summed E-state index contributed by atoms with van der Waals surface area (Å²) in [5.41, 5.74) is 2.32. The molecule has 0 bridgehead atoms. The highest BCUT2D eigenvalue weighted by atomic mass is 32.2. The van der Waals surface area contributed by atoms with Gasteiger partial charge < -0.3 is 5.32 Å². The molecule has 2 aromatic heterocycles. The van der Waals surface area contributed by atoms with Gasteiger partial charge in [0.05, 0.1) is 22.2 Å². The number of carbonyl (C=O) groups is 1. The molecule has 5 rings (SSSR count). The number of fused-ring (bicyclic) bond motifs is 2. The van der Waals surface area contributed by atoms with Crippen LogP contribution >= 0.6 is 23.1 Å². The van der Waals surface area contributed by atoms with Crippen molar-refractivity contribution in [1.82, 2.24) is 9.55 Å². The molecule has 0 spiro atoms. The fourth-order valence-electron chi connectivity index (χ4n) is 3.79. The lowest BCUT2D eigenvalue weighted by molar-refractivity contribution is -0.113. The molecule has 3 aromatic rings. The SMILES string of the molecule is N#Cc1c(NC(=O)CSc2nc3ccccc3c(=O)n2C2CC2)sc2c1CCC2. The maximum absolute atomic E-state index is 12.9. The number of amides is 1. The van der Waals surface area contributed by atoms with E-state index in [1.807, 2.05) is 18.2 Å². The Labute approximate surface area is 175 Å². The van der Waals surface area contributed by atoms with Gasteiger partial charge in [0.15, 0.2) is 5.16 Å². The van der Waals surface area contributed by atoms with Crippen molar-refractivity contribution in [1.29, 1.82) is 5.26 Å². The van der Waals surface area contributed by atoms with E-state index in [0.29, 0.717) is 26.6 Å². The molecule has 1 saturated carbocycles. The minimum absolute atomic E-state index is 0.0394. The van der Waals surface area contributed by atoms with Crippen LogP contribution in [0.4, 0.5) is 5.00 Å². The Hall–Kier alpha value is -2.63. The fourth-order valence-corrected chi connectivity index (χ4v) is 5.91. The molecule has 6 nitrogen and oxygen atoms in total. The molecule has 146 valence electrons. The van der Waals surface area contributed by atoms with E-state index in [4.69, 9.17) is 0 Å². The summed E-state index contributed by atoms with van der Waals surface area (Å²) in [7, 11) is 0. The van der Waals surface area contributed by atoms with E-state index < -0.39 is 0 Å². The zero-order valence-corrected chi connectivity index (χ0v) is 17.2. The van der Waals surface area contributed by atoms with Crippen LogP contribution in [0.3, 0.4) is 0 Å². The van der Waals surface area contributed by atoms with Gasteiger partial charge in [-0.15, -0.1) is 11.3 Å². The van der Waals surface area contributed by atoms with E-state index in [-0.39, 0.29) is 23.3 Å². The number of benzene rings is 1. The second kappa shape index (κ2) is 7.32. The maximum Gasteiger partial charge on any atom is 0.262 e. The van der Waals surface area contributed by atoms with Crippen molar-refractivity contribution in [3.63, 3.8) is 0 Å². The third kappa shape index (κ3) is 3.34. The van der Waals surface area contributed by atoms with Crippen molar-refractivity contribution < 1.29 is 4.79 Å². The van der Waals surface area contributed by atoms with Gasteiger partial charge in [0.25, 0.3) is 5.56 Å². The molecule has 1 N–H and O–H groups in total. The number of hydrogen-bond acceptors (Lipinski definition) is 6. The Morgan fingerprint density at radius 2 is 2.17 bits per heavy atom. The summed E-state index contributed by atoms with van der Waals surface area (Å²) in [6.07, 6.45) is 4.90. The number of nitrogens with one attached hydrogen (secondary N) is 1.